The topological polar surface area (TPSA) is 49.7 Å². The first-order valence-corrected chi connectivity index (χ1v) is 5.76. The van der Waals surface area contributed by atoms with Crippen LogP contribution < -0.4 is 4.74 Å². The molecule has 2 N–H and O–H groups in total. The van der Waals surface area contributed by atoms with Crippen molar-refractivity contribution in [2.75, 3.05) is 12.9 Å². The maximum atomic E-state index is 9.92. The van der Waals surface area contributed by atoms with E-state index < -0.39 is 12.2 Å². The monoisotopic (exact) mass is 242 g/mol. The summed E-state index contributed by atoms with van der Waals surface area (Å²) in [6, 6.07) is 3.70. The minimum absolute atomic E-state index is 0.228. The van der Waals surface area contributed by atoms with E-state index in [1.165, 1.54) is 0 Å². The summed E-state index contributed by atoms with van der Waals surface area (Å²) in [7, 11) is 1.61. The van der Waals surface area contributed by atoms with Crippen LogP contribution in [0.3, 0.4) is 0 Å². The SMILES string of the molecule is COc1cc(C)c(C(O)C(O)CS)cc1C. The fraction of sp³-hybridized carbons (Fsp3) is 0.500. The van der Waals surface area contributed by atoms with Crippen LogP contribution in [0.2, 0.25) is 0 Å². The summed E-state index contributed by atoms with van der Waals surface area (Å²) in [4.78, 5) is 0. The van der Waals surface area contributed by atoms with Crippen LogP contribution in [-0.2, 0) is 0 Å². The lowest BCUT2D eigenvalue weighted by Gasteiger charge is -2.19. The Morgan fingerprint density at radius 1 is 1.25 bits per heavy atom. The summed E-state index contributed by atoms with van der Waals surface area (Å²) in [5.74, 6) is 1.01. The number of benzene rings is 1. The number of hydrogen-bond donors (Lipinski definition) is 3. The van der Waals surface area contributed by atoms with E-state index in [0.717, 1.165) is 22.4 Å². The van der Waals surface area contributed by atoms with Gasteiger partial charge in [0, 0.05) is 5.75 Å². The van der Waals surface area contributed by atoms with Gasteiger partial charge in [-0.05, 0) is 42.7 Å². The molecule has 3 nitrogen and oxygen atoms in total. The summed E-state index contributed by atoms with van der Waals surface area (Å²) < 4.78 is 5.19. The molecule has 0 bridgehead atoms. The predicted octanol–water partition coefficient (Wildman–Crippen LogP) is 1.64. The highest BCUT2D eigenvalue weighted by molar-refractivity contribution is 7.80. The van der Waals surface area contributed by atoms with Gasteiger partial charge in [-0.2, -0.15) is 12.6 Å². The van der Waals surface area contributed by atoms with Crippen LogP contribution in [0, 0.1) is 13.8 Å². The minimum atomic E-state index is -0.901. The molecule has 4 heteroatoms. The summed E-state index contributed by atoms with van der Waals surface area (Å²) in [6.07, 6.45) is -1.75. The van der Waals surface area contributed by atoms with Gasteiger partial charge in [-0.15, -0.1) is 0 Å². The molecular weight excluding hydrogens is 224 g/mol. The molecule has 0 aromatic heterocycles. The Balaban J connectivity index is 3.10. The Morgan fingerprint density at radius 3 is 2.38 bits per heavy atom. The zero-order valence-corrected chi connectivity index (χ0v) is 10.7. The lowest BCUT2D eigenvalue weighted by atomic mass is 9.97. The number of rotatable bonds is 4. The quantitative estimate of drug-likeness (QED) is 0.703. The van der Waals surface area contributed by atoms with E-state index in [2.05, 4.69) is 12.6 Å². The molecule has 1 aromatic carbocycles. The van der Waals surface area contributed by atoms with Crippen LogP contribution in [-0.4, -0.2) is 29.2 Å². The van der Waals surface area contributed by atoms with Crippen molar-refractivity contribution in [2.45, 2.75) is 26.1 Å². The number of ether oxygens (including phenoxy) is 1. The number of aliphatic hydroxyl groups is 2. The van der Waals surface area contributed by atoms with Gasteiger partial charge in [0.2, 0.25) is 0 Å². The molecule has 90 valence electrons. The second kappa shape index (κ2) is 5.57. The third-order valence-corrected chi connectivity index (χ3v) is 3.03. The highest BCUT2D eigenvalue weighted by Gasteiger charge is 2.19. The van der Waals surface area contributed by atoms with E-state index in [1.807, 2.05) is 26.0 Å². The first-order chi connectivity index (χ1) is 7.51. The van der Waals surface area contributed by atoms with Gasteiger partial charge in [0.05, 0.1) is 13.2 Å². The van der Waals surface area contributed by atoms with Crippen LogP contribution in [0.4, 0.5) is 0 Å². The number of aliphatic hydroxyl groups excluding tert-OH is 2. The van der Waals surface area contributed by atoms with E-state index in [1.54, 1.807) is 7.11 Å². The summed E-state index contributed by atoms with van der Waals surface area (Å²) in [5, 5.41) is 19.5. The fourth-order valence-corrected chi connectivity index (χ4v) is 1.86. The standard InChI is InChI=1S/C12H18O3S/c1-7-5-11(15-3)8(2)4-9(7)12(14)10(13)6-16/h4-5,10,12-14,16H,6H2,1-3H3. The van der Waals surface area contributed by atoms with E-state index in [0.29, 0.717) is 0 Å². The molecule has 0 fully saturated rings. The lowest BCUT2D eigenvalue weighted by Crippen LogP contribution is -2.20. The molecule has 1 rings (SSSR count). The maximum absolute atomic E-state index is 9.92. The van der Waals surface area contributed by atoms with Gasteiger partial charge in [-0.1, -0.05) is 0 Å². The molecule has 0 aliphatic rings. The maximum Gasteiger partial charge on any atom is 0.122 e. The van der Waals surface area contributed by atoms with E-state index in [4.69, 9.17) is 4.74 Å². The molecule has 0 amide bonds. The average molecular weight is 242 g/mol. The molecule has 16 heavy (non-hydrogen) atoms. The molecule has 0 aliphatic carbocycles. The van der Waals surface area contributed by atoms with Gasteiger partial charge in [-0.3, -0.25) is 0 Å². The van der Waals surface area contributed by atoms with Crippen LogP contribution >= 0.6 is 12.6 Å². The van der Waals surface area contributed by atoms with Crippen LogP contribution in [0.15, 0.2) is 12.1 Å². The van der Waals surface area contributed by atoms with Crippen LogP contribution in [0.25, 0.3) is 0 Å². The third-order valence-electron chi connectivity index (χ3n) is 2.65. The van der Waals surface area contributed by atoms with Gasteiger partial charge in [0.25, 0.3) is 0 Å². The van der Waals surface area contributed by atoms with Crippen molar-refractivity contribution in [2.24, 2.45) is 0 Å². The predicted molar refractivity (Wildman–Crippen MR) is 67.3 cm³/mol. The number of aryl methyl sites for hydroxylation is 2. The Kier molecular flexibility index (Phi) is 4.65. The second-order valence-electron chi connectivity index (χ2n) is 3.87. The van der Waals surface area contributed by atoms with Crippen molar-refractivity contribution in [3.63, 3.8) is 0 Å². The molecule has 0 radical (unpaired) electrons. The molecule has 0 heterocycles. The number of methoxy groups -OCH3 is 1. The smallest absolute Gasteiger partial charge is 0.122 e. The van der Waals surface area contributed by atoms with Gasteiger partial charge in [0.15, 0.2) is 0 Å². The molecule has 0 saturated heterocycles. The van der Waals surface area contributed by atoms with Gasteiger partial charge in [-0.25, -0.2) is 0 Å². The van der Waals surface area contributed by atoms with Crippen molar-refractivity contribution in [1.29, 1.82) is 0 Å². The van der Waals surface area contributed by atoms with Gasteiger partial charge >= 0.3 is 0 Å². The van der Waals surface area contributed by atoms with Crippen molar-refractivity contribution < 1.29 is 14.9 Å². The van der Waals surface area contributed by atoms with Gasteiger partial charge < -0.3 is 14.9 Å². The summed E-state index contributed by atoms with van der Waals surface area (Å²) >= 11 is 3.97. The Morgan fingerprint density at radius 2 is 1.88 bits per heavy atom. The minimum Gasteiger partial charge on any atom is -0.496 e. The normalized spacial score (nSPS) is 14.6. The highest BCUT2D eigenvalue weighted by atomic mass is 32.1. The molecule has 0 saturated carbocycles. The lowest BCUT2D eigenvalue weighted by molar-refractivity contribution is 0.0333. The van der Waals surface area contributed by atoms with E-state index in [9.17, 15) is 10.2 Å². The van der Waals surface area contributed by atoms with E-state index >= 15 is 0 Å². The zero-order valence-electron chi connectivity index (χ0n) is 9.77. The molecule has 0 spiro atoms. The molecule has 2 atom stereocenters. The molecule has 1 aromatic rings. The first kappa shape index (κ1) is 13.4. The zero-order chi connectivity index (χ0) is 12.3. The van der Waals surface area contributed by atoms with Gasteiger partial charge in [0.1, 0.15) is 11.9 Å². The second-order valence-corrected chi connectivity index (χ2v) is 4.24. The van der Waals surface area contributed by atoms with Crippen LogP contribution in [0.5, 0.6) is 5.75 Å². The Hall–Kier alpha value is -0.710. The third kappa shape index (κ3) is 2.70. The molecule has 2 unspecified atom stereocenters. The average Bonchev–Trinajstić information content (AvgIpc) is 2.29. The molecular formula is C12H18O3S. The largest absolute Gasteiger partial charge is 0.496 e. The summed E-state index contributed by atoms with van der Waals surface area (Å²) in [6.45, 7) is 3.79. The van der Waals surface area contributed by atoms with Crippen molar-refractivity contribution in [1.82, 2.24) is 0 Å². The summed E-state index contributed by atoms with van der Waals surface area (Å²) in [5.41, 5.74) is 2.56. The Bertz CT molecular complexity index is 366. The van der Waals surface area contributed by atoms with Crippen molar-refractivity contribution >= 4 is 12.6 Å². The van der Waals surface area contributed by atoms with E-state index in [-0.39, 0.29) is 5.75 Å². The van der Waals surface area contributed by atoms with Crippen molar-refractivity contribution in [3.8, 4) is 5.75 Å². The number of hydrogen-bond acceptors (Lipinski definition) is 4. The first-order valence-electron chi connectivity index (χ1n) is 5.13. The Labute approximate surface area is 101 Å². The fourth-order valence-electron chi connectivity index (χ4n) is 1.66. The number of thiol groups is 1. The van der Waals surface area contributed by atoms with Crippen molar-refractivity contribution in [3.05, 3.63) is 28.8 Å². The van der Waals surface area contributed by atoms with Crippen LogP contribution in [0.1, 0.15) is 22.8 Å². The highest BCUT2D eigenvalue weighted by Crippen LogP contribution is 2.28. The molecule has 0 aliphatic heterocycles.